The van der Waals surface area contributed by atoms with Gasteiger partial charge in [0.15, 0.2) is 0 Å². The van der Waals surface area contributed by atoms with Crippen LogP contribution in [0.5, 0.6) is 0 Å². The number of carbonyl (C=O) groups excluding carboxylic acids is 1. The highest BCUT2D eigenvalue weighted by Gasteiger charge is 2.36. The highest BCUT2D eigenvalue weighted by Crippen LogP contribution is 2.35. The molecule has 22 heavy (non-hydrogen) atoms. The number of likely N-dealkylation sites (tertiary alicyclic amines) is 1. The van der Waals surface area contributed by atoms with Crippen molar-refractivity contribution in [1.82, 2.24) is 10.2 Å². The Morgan fingerprint density at radius 3 is 2.59 bits per heavy atom. The van der Waals surface area contributed by atoms with Crippen molar-refractivity contribution in [3.05, 3.63) is 35.1 Å². The van der Waals surface area contributed by atoms with E-state index in [1.807, 2.05) is 11.0 Å². The fourth-order valence-electron chi connectivity index (χ4n) is 3.61. The molecule has 0 aromatic heterocycles. The maximum atomic E-state index is 13.8. The van der Waals surface area contributed by atoms with Gasteiger partial charge in [-0.05, 0) is 36.8 Å². The lowest BCUT2D eigenvalue weighted by Gasteiger charge is -2.22. The van der Waals surface area contributed by atoms with E-state index in [9.17, 15) is 9.18 Å². The van der Waals surface area contributed by atoms with Crippen molar-refractivity contribution in [2.75, 3.05) is 13.1 Å². The Morgan fingerprint density at radius 1 is 1.32 bits per heavy atom. The van der Waals surface area contributed by atoms with Crippen LogP contribution in [0.15, 0.2) is 18.2 Å². The molecule has 0 unspecified atom stereocenters. The molecule has 1 saturated heterocycles. The average Bonchev–Trinajstić information content (AvgIpc) is 2.97. The van der Waals surface area contributed by atoms with Crippen molar-refractivity contribution < 1.29 is 9.18 Å². The van der Waals surface area contributed by atoms with E-state index in [-0.39, 0.29) is 18.1 Å². The van der Waals surface area contributed by atoms with Gasteiger partial charge in [0.2, 0.25) is 0 Å². The van der Waals surface area contributed by atoms with E-state index in [4.69, 9.17) is 5.26 Å². The molecule has 1 aromatic carbocycles. The summed E-state index contributed by atoms with van der Waals surface area (Å²) in [4.78, 5) is 14.1. The number of carbonyl (C=O) groups is 1. The first-order valence-corrected chi connectivity index (χ1v) is 7.88. The number of nitriles is 1. The zero-order valence-electron chi connectivity index (χ0n) is 12.5. The molecule has 0 radical (unpaired) electrons. The van der Waals surface area contributed by atoms with Gasteiger partial charge in [0.25, 0.3) is 0 Å². The molecule has 5 heteroatoms. The predicted octanol–water partition coefficient (Wildman–Crippen LogP) is 3.03. The minimum absolute atomic E-state index is 0.113. The van der Waals surface area contributed by atoms with Crippen LogP contribution in [0.25, 0.3) is 0 Å². The summed E-state index contributed by atoms with van der Waals surface area (Å²) >= 11 is 0. The zero-order chi connectivity index (χ0) is 15.5. The second kappa shape index (κ2) is 6.35. The lowest BCUT2D eigenvalue weighted by molar-refractivity contribution is 0.205. The average molecular weight is 301 g/mol. The van der Waals surface area contributed by atoms with Crippen LogP contribution < -0.4 is 5.32 Å². The molecule has 116 valence electrons. The van der Waals surface area contributed by atoms with E-state index in [0.717, 1.165) is 13.1 Å². The molecule has 3 rings (SSSR count). The van der Waals surface area contributed by atoms with E-state index >= 15 is 0 Å². The maximum Gasteiger partial charge on any atom is 0.317 e. The summed E-state index contributed by atoms with van der Waals surface area (Å²) in [5.74, 6) is 0.840. The third-order valence-electron chi connectivity index (χ3n) is 4.88. The first kappa shape index (κ1) is 14.8. The Kier molecular flexibility index (Phi) is 4.28. The number of hydrogen-bond acceptors (Lipinski definition) is 2. The number of benzene rings is 1. The minimum Gasteiger partial charge on any atom is -0.334 e. The molecular formula is C17H20FN3O. The molecule has 4 nitrogen and oxygen atoms in total. The Hall–Kier alpha value is -2.09. The summed E-state index contributed by atoms with van der Waals surface area (Å²) in [6.07, 6.45) is 4.98. The van der Waals surface area contributed by atoms with E-state index in [0.29, 0.717) is 17.4 Å². The van der Waals surface area contributed by atoms with Crippen molar-refractivity contribution in [1.29, 1.82) is 5.26 Å². The van der Waals surface area contributed by atoms with Crippen molar-refractivity contribution in [3.63, 3.8) is 0 Å². The highest BCUT2D eigenvalue weighted by molar-refractivity contribution is 5.74. The van der Waals surface area contributed by atoms with E-state index in [1.54, 1.807) is 12.1 Å². The number of halogens is 1. The van der Waals surface area contributed by atoms with Gasteiger partial charge in [0.05, 0.1) is 11.6 Å². The molecule has 1 aliphatic heterocycles. The third kappa shape index (κ3) is 3.06. The highest BCUT2D eigenvalue weighted by atomic mass is 19.1. The lowest BCUT2D eigenvalue weighted by atomic mass is 9.82. The maximum absolute atomic E-state index is 13.8. The monoisotopic (exact) mass is 301 g/mol. The number of hydrogen-bond donors (Lipinski definition) is 1. The van der Waals surface area contributed by atoms with E-state index < -0.39 is 5.82 Å². The number of amides is 2. The van der Waals surface area contributed by atoms with Crippen molar-refractivity contribution in [2.45, 2.75) is 32.2 Å². The van der Waals surface area contributed by atoms with Crippen LogP contribution in [0.3, 0.4) is 0 Å². The molecule has 1 heterocycles. The van der Waals surface area contributed by atoms with Crippen molar-refractivity contribution in [3.8, 4) is 6.07 Å². The first-order chi connectivity index (χ1) is 10.7. The van der Waals surface area contributed by atoms with Gasteiger partial charge in [-0.2, -0.15) is 5.26 Å². The van der Waals surface area contributed by atoms with E-state index in [1.165, 1.54) is 31.7 Å². The van der Waals surface area contributed by atoms with Gasteiger partial charge in [-0.15, -0.1) is 0 Å². The minimum atomic E-state index is -0.450. The standard InChI is InChI=1S/C17H20FN3O/c18-16-7-12(8-19)5-6-13(16)9-20-17(22)21-10-14-3-1-2-4-15(14)11-21/h5-7,14-15H,1-4,9-11H2,(H,20,22)/t14-,15-/m1/s1. The Morgan fingerprint density at radius 2 is 2.00 bits per heavy atom. The van der Waals surface area contributed by atoms with Gasteiger partial charge in [0, 0.05) is 25.2 Å². The van der Waals surface area contributed by atoms with E-state index in [2.05, 4.69) is 5.32 Å². The topological polar surface area (TPSA) is 56.1 Å². The third-order valence-corrected chi connectivity index (χ3v) is 4.88. The normalized spacial score (nSPS) is 23.7. The molecule has 1 aliphatic carbocycles. The number of nitrogens with zero attached hydrogens (tertiary/aromatic N) is 2. The largest absolute Gasteiger partial charge is 0.334 e. The SMILES string of the molecule is N#Cc1ccc(CNC(=O)N2C[C@H]3CCCC[C@@H]3C2)c(F)c1. The Balaban J connectivity index is 1.55. The van der Waals surface area contributed by atoms with Gasteiger partial charge in [-0.1, -0.05) is 18.9 Å². The summed E-state index contributed by atoms with van der Waals surface area (Å²) in [6, 6.07) is 6.10. The molecular weight excluding hydrogens is 281 g/mol. The number of fused-ring (bicyclic) bond motifs is 1. The number of nitrogens with one attached hydrogen (secondary N) is 1. The zero-order valence-corrected chi connectivity index (χ0v) is 12.5. The van der Waals surface area contributed by atoms with Crippen molar-refractivity contribution in [2.24, 2.45) is 11.8 Å². The number of urea groups is 1. The first-order valence-electron chi connectivity index (χ1n) is 7.88. The smallest absolute Gasteiger partial charge is 0.317 e. The Bertz CT molecular complexity index is 596. The molecule has 2 fully saturated rings. The van der Waals surface area contributed by atoms with Gasteiger partial charge in [-0.25, -0.2) is 9.18 Å². The quantitative estimate of drug-likeness (QED) is 0.913. The molecule has 2 atom stereocenters. The summed E-state index contributed by atoms with van der Waals surface area (Å²) in [5.41, 5.74) is 0.695. The second-order valence-corrected chi connectivity index (χ2v) is 6.29. The fourth-order valence-corrected chi connectivity index (χ4v) is 3.61. The van der Waals surface area contributed by atoms with Gasteiger partial charge in [0.1, 0.15) is 5.82 Å². The predicted molar refractivity (Wildman–Crippen MR) is 80.4 cm³/mol. The fraction of sp³-hybridized carbons (Fsp3) is 0.529. The molecule has 1 N–H and O–H groups in total. The van der Waals surface area contributed by atoms with Crippen LogP contribution >= 0.6 is 0 Å². The van der Waals surface area contributed by atoms with Crippen LogP contribution in [-0.2, 0) is 6.54 Å². The second-order valence-electron chi connectivity index (χ2n) is 6.29. The van der Waals surface area contributed by atoms with Crippen LogP contribution in [0.1, 0.15) is 36.8 Å². The molecule has 0 spiro atoms. The van der Waals surface area contributed by atoms with Crippen LogP contribution in [0.4, 0.5) is 9.18 Å². The lowest BCUT2D eigenvalue weighted by Crippen LogP contribution is -2.38. The molecule has 1 saturated carbocycles. The van der Waals surface area contributed by atoms with Crippen LogP contribution in [0.2, 0.25) is 0 Å². The summed E-state index contributed by atoms with van der Waals surface area (Å²) in [5, 5.41) is 11.5. The Labute approximate surface area is 129 Å². The summed E-state index contributed by atoms with van der Waals surface area (Å²) in [7, 11) is 0. The number of rotatable bonds is 2. The molecule has 2 amide bonds. The molecule has 0 bridgehead atoms. The summed E-state index contributed by atoms with van der Waals surface area (Å²) < 4.78 is 13.8. The van der Waals surface area contributed by atoms with Gasteiger partial charge >= 0.3 is 6.03 Å². The van der Waals surface area contributed by atoms with Gasteiger partial charge in [-0.3, -0.25) is 0 Å². The van der Waals surface area contributed by atoms with Crippen molar-refractivity contribution >= 4 is 6.03 Å². The summed E-state index contributed by atoms with van der Waals surface area (Å²) in [6.45, 7) is 1.81. The van der Waals surface area contributed by atoms with Crippen LogP contribution in [-0.4, -0.2) is 24.0 Å². The van der Waals surface area contributed by atoms with Crippen LogP contribution in [0, 0.1) is 29.0 Å². The molecule has 2 aliphatic rings. The molecule has 1 aromatic rings. The van der Waals surface area contributed by atoms with Gasteiger partial charge < -0.3 is 10.2 Å².